The average Bonchev–Trinajstić information content (AvgIpc) is 3.27. The van der Waals surface area contributed by atoms with E-state index in [1.165, 1.54) is 0 Å². The van der Waals surface area contributed by atoms with Crippen molar-refractivity contribution in [2.75, 3.05) is 0 Å². The van der Waals surface area contributed by atoms with Crippen LogP contribution in [0.25, 0.3) is 11.4 Å². The van der Waals surface area contributed by atoms with Gasteiger partial charge < -0.3 is 13.5 Å². The molecule has 1 atom stereocenters. The molecule has 7 nitrogen and oxygen atoms in total. The van der Waals surface area contributed by atoms with Crippen molar-refractivity contribution in [1.29, 1.82) is 0 Å². The van der Waals surface area contributed by atoms with E-state index in [1.807, 2.05) is 31.5 Å². The molecule has 0 saturated carbocycles. The van der Waals surface area contributed by atoms with E-state index in [1.54, 1.807) is 18.0 Å². The van der Waals surface area contributed by atoms with Crippen LogP contribution in [0.4, 0.5) is 0 Å². The van der Waals surface area contributed by atoms with E-state index in [4.69, 9.17) is 8.94 Å². The van der Waals surface area contributed by atoms with Crippen LogP contribution < -0.4 is 0 Å². The van der Waals surface area contributed by atoms with Gasteiger partial charge in [0.25, 0.3) is 0 Å². The first-order chi connectivity index (χ1) is 11.6. The van der Waals surface area contributed by atoms with Gasteiger partial charge in [0.15, 0.2) is 16.8 Å². The third kappa shape index (κ3) is 3.38. The minimum atomic E-state index is 0.00840. The van der Waals surface area contributed by atoms with Crippen LogP contribution in [0.2, 0.25) is 0 Å². The fraction of sp³-hybridized carbons (Fsp3) is 0.500. The lowest BCUT2D eigenvalue weighted by atomic mass is 10.2. The highest BCUT2D eigenvalue weighted by atomic mass is 32.2. The summed E-state index contributed by atoms with van der Waals surface area (Å²) in [7, 11) is 1.94. The molecule has 0 aliphatic heterocycles. The van der Waals surface area contributed by atoms with Crippen molar-refractivity contribution in [3.8, 4) is 11.4 Å². The van der Waals surface area contributed by atoms with Gasteiger partial charge >= 0.3 is 0 Å². The van der Waals surface area contributed by atoms with Crippen molar-refractivity contribution in [2.24, 2.45) is 7.05 Å². The summed E-state index contributed by atoms with van der Waals surface area (Å²) in [5.41, 5.74) is 0.948. The van der Waals surface area contributed by atoms with E-state index in [-0.39, 0.29) is 5.25 Å². The first-order valence-electron chi connectivity index (χ1n) is 8.03. The maximum atomic E-state index is 5.38. The van der Waals surface area contributed by atoms with Gasteiger partial charge in [-0.25, -0.2) is 0 Å². The minimum absolute atomic E-state index is 0.00840. The van der Waals surface area contributed by atoms with Gasteiger partial charge in [0, 0.05) is 13.5 Å². The summed E-state index contributed by atoms with van der Waals surface area (Å²) in [4.78, 5) is 4.47. The van der Waals surface area contributed by atoms with Crippen LogP contribution in [0, 0.1) is 6.92 Å². The topological polar surface area (TPSA) is 82.8 Å². The van der Waals surface area contributed by atoms with Gasteiger partial charge in [-0.2, -0.15) is 4.98 Å². The van der Waals surface area contributed by atoms with Crippen molar-refractivity contribution in [1.82, 2.24) is 24.9 Å². The van der Waals surface area contributed by atoms with E-state index < -0.39 is 0 Å². The molecule has 0 aliphatic rings. The zero-order chi connectivity index (χ0) is 17.1. The Kier molecular flexibility index (Phi) is 5.03. The van der Waals surface area contributed by atoms with Gasteiger partial charge in [-0.3, -0.25) is 0 Å². The fourth-order valence-electron chi connectivity index (χ4n) is 2.35. The maximum absolute atomic E-state index is 5.38. The summed E-state index contributed by atoms with van der Waals surface area (Å²) >= 11 is 1.55. The number of nitrogens with zero attached hydrogens (tertiary/aromatic N) is 5. The van der Waals surface area contributed by atoms with E-state index in [2.05, 4.69) is 27.3 Å². The number of hydrogen-bond donors (Lipinski definition) is 0. The Labute approximate surface area is 144 Å². The molecule has 0 saturated heterocycles. The lowest BCUT2D eigenvalue weighted by Gasteiger charge is -2.06. The number of hydrogen-bond acceptors (Lipinski definition) is 7. The molecule has 128 valence electrons. The molecular weight excluding hydrogens is 326 g/mol. The third-order valence-electron chi connectivity index (χ3n) is 3.80. The molecule has 0 bridgehead atoms. The van der Waals surface area contributed by atoms with Crippen molar-refractivity contribution in [3.63, 3.8) is 0 Å². The molecule has 0 spiro atoms. The largest absolute Gasteiger partial charge is 0.469 e. The Morgan fingerprint density at radius 3 is 2.88 bits per heavy atom. The monoisotopic (exact) mass is 347 g/mol. The van der Waals surface area contributed by atoms with Gasteiger partial charge in [-0.1, -0.05) is 30.3 Å². The van der Waals surface area contributed by atoms with Crippen LogP contribution >= 0.6 is 11.8 Å². The zero-order valence-electron chi connectivity index (χ0n) is 14.3. The number of unbranched alkanes of at least 4 members (excludes halogenated alkanes) is 1. The first kappa shape index (κ1) is 16.8. The third-order valence-corrected chi connectivity index (χ3v) is 4.92. The normalized spacial score (nSPS) is 12.7. The number of thioether (sulfide) groups is 1. The number of rotatable bonds is 7. The molecule has 1 unspecified atom stereocenters. The van der Waals surface area contributed by atoms with E-state index in [9.17, 15) is 0 Å². The average molecular weight is 347 g/mol. The Morgan fingerprint density at radius 1 is 1.33 bits per heavy atom. The summed E-state index contributed by atoms with van der Waals surface area (Å²) in [5.74, 6) is 3.00. The van der Waals surface area contributed by atoms with Crippen LogP contribution in [0.1, 0.15) is 49.4 Å². The molecule has 0 amide bonds. The quantitative estimate of drug-likeness (QED) is 0.598. The van der Waals surface area contributed by atoms with Crippen LogP contribution in [0.15, 0.2) is 26.4 Å². The second-order valence-electron chi connectivity index (χ2n) is 5.67. The summed E-state index contributed by atoms with van der Waals surface area (Å²) in [6.45, 7) is 6.09. The summed E-state index contributed by atoms with van der Waals surface area (Å²) in [6.07, 6.45) is 4.69. The molecular formula is C16H21N5O2S. The molecule has 3 rings (SSSR count). The van der Waals surface area contributed by atoms with Crippen molar-refractivity contribution < 1.29 is 8.94 Å². The van der Waals surface area contributed by atoms with E-state index >= 15 is 0 Å². The summed E-state index contributed by atoms with van der Waals surface area (Å²) in [6, 6.07) is 1.90. The summed E-state index contributed by atoms with van der Waals surface area (Å²) < 4.78 is 12.7. The maximum Gasteiger partial charge on any atom is 0.239 e. The Hall–Kier alpha value is -2.09. The molecule has 0 N–H and O–H groups in total. The second-order valence-corrected chi connectivity index (χ2v) is 6.98. The first-order valence-corrected chi connectivity index (χ1v) is 8.91. The molecule has 3 heterocycles. The van der Waals surface area contributed by atoms with Gasteiger partial charge in [0.05, 0.1) is 17.1 Å². The standard InChI is InChI=1S/C16H21N5O2S/c1-5-6-7-13-17-15(23-20-13)11(3)24-16-19-18-14(21(16)4)12-8-9-22-10(12)2/h8-9,11H,5-7H2,1-4H3. The Morgan fingerprint density at radius 2 is 2.17 bits per heavy atom. The zero-order valence-corrected chi connectivity index (χ0v) is 15.1. The predicted molar refractivity (Wildman–Crippen MR) is 90.6 cm³/mol. The highest BCUT2D eigenvalue weighted by Crippen LogP contribution is 2.34. The predicted octanol–water partition coefficient (Wildman–Crippen LogP) is 3.96. The van der Waals surface area contributed by atoms with Crippen molar-refractivity contribution in [2.45, 2.75) is 50.4 Å². The van der Waals surface area contributed by atoms with Crippen LogP contribution in [0.5, 0.6) is 0 Å². The lowest BCUT2D eigenvalue weighted by molar-refractivity contribution is 0.374. The fourth-order valence-corrected chi connectivity index (χ4v) is 3.19. The molecule has 0 aliphatic carbocycles. The number of aromatic nitrogens is 5. The van der Waals surface area contributed by atoms with Gasteiger partial charge in [-0.05, 0) is 26.3 Å². The van der Waals surface area contributed by atoms with E-state index in [0.29, 0.717) is 5.89 Å². The van der Waals surface area contributed by atoms with Gasteiger partial charge in [0.2, 0.25) is 5.89 Å². The molecule has 0 aromatic carbocycles. The number of aryl methyl sites for hydroxylation is 2. The molecule has 0 fully saturated rings. The Balaban J connectivity index is 1.73. The SMILES string of the molecule is CCCCc1noc(C(C)Sc2nnc(-c3ccoc3C)n2C)n1. The van der Waals surface area contributed by atoms with Crippen LogP contribution in [-0.4, -0.2) is 24.9 Å². The molecule has 24 heavy (non-hydrogen) atoms. The van der Waals surface area contributed by atoms with Gasteiger partial charge in [-0.15, -0.1) is 10.2 Å². The van der Waals surface area contributed by atoms with Crippen LogP contribution in [-0.2, 0) is 13.5 Å². The van der Waals surface area contributed by atoms with Gasteiger partial charge in [0.1, 0.15) is 5.76 Å². The number of furan rings is 1. The van der Waals surface area contributed by atoms with Crippen LogP contribution in [0.3, 0.4) is 0 Å². The lowest BCUT2D eigenvalue weighted by Crippen LogP contribution is -1.97. The second kappa shape index (κ2) is 7.21. The highest BCUT2D eigenvalue weighted by molar-refractivity contribution is 7.99. The summed E-state index contributed by atoms with van der Waals surface area (Å²) in [5, 5.41) is 13.4. The minimum Gasteiger partial charge on any atom is -0.469 e. The molecule has 3 aromatic heterocycles. The molecule has 8 heteroatoms. The van der Waals surface area contributed by atoms with E-state index in [0.717, 1.165) is 47.4 Å². The smallest absolute Gasteiger partial charge is 0.239 e. The highest BCUT2D eigenvalue weighted by Gasteiger charge is 2.20. The van der Waals surface area contributed by atoms with Crippen molar-refractivity contribution in [3.05, 3.63) is 29.8 Å². The molecule has 0 radical (unpaired) electrons. The van der Waals surface area contributed by atoms with Crippen molar-refractivity contribution >= 4 is 11.8 Å². The molecule has 3 aromatic rings. The Bertz CT molecular complexity index is 807.